The van der Waals surface area contributed by atoms with E-state index in [4.69, 9.17) is 14.3 Å². The van der Waals surface area contributed by atoms with E-state index in [0.29, 0.717) is 11.3 Å². The van der Waals surface area contributed by atoms with E-state index in [9.17, 15) is 14.4 Å². The van der Waals surface area contributed by atoms with Crippen LogP contribution < -0.4 is 10.4 Å². The average Bonchev–Trinajstić information content (AvgIpc) is 2.90. The van der Waals surface area contributed by atoms with Gasteiger partial charge in [-0.3, -0.25) is 14.4 Å². The molecule has 1 saturated carbocycles. The lowest BCUT2D eigenvalue weighted by Crippen LogP contribution is -2.53. The third-order valence-electron chi connectivity index (χ3n) is 6.66. The predicted molar refractivity (Wildman–Crippen MR) is 114 cm³/mol. The number of anilines is 1. The van der Waals surface area contributed by atoms with Crippen LogP contribution in [-0.4, -0.2) is 43.6 Å². The fourth-order valence-electron chi connectivity index (χ4n) is 5.18. The van der Waals surface area contributed by atoms with Crippen molar-refractivity contribution in [2.24, 2.45) is 5.92 Å². The Bertz CT molecular complexity index is 1060. The van der Waals surface area contributed by atoms with Gasteiger partial charge < -0.3 is 14.8 Å². The minimum atomic E-state index is -1.26. The lowest BCUT2D eigenvalue weighted by molar-refractivity contribution is -0.150. The van der Waals surface area contributed by atoms with Crippen LogP contribution in [0.1, 0.15) is 24.0 Å². The van der Waals surface area contributed by atoms with E-state index in [0.717, 1.165) is 5.56 Å². The third kappa shape index (κ3) is 3.18. The van der Waals surface area contributed by atoms with Gasteiger partial charge in [-0.1, -0.05) is 48.5 Å². The molecular formula is C24H24N2O6. The Morgan fingerprint density at radius 2 is 1.91 bits per heavy atom. The zero-order valence-electron chi connectivity index (χ0n) is 17.7. The maximum atomic E-state index is 13.6. The first-order valence-corrected chi connectivity index (χ1v) is 10.6. The Morgan fingerprint density at radius 3 is 2.66 bits per heavy atom. The van der Waals surface area contributed by atoms with Crippen LogP contribution in [0.3, 0.4) is 0 Å². The van der Waals surface area contributed by atoms with E-state index in [1.807, 2.05) is 48.5 Å². The van der Waals surface area contributed by atoms with Crippen molar-refractivity contribution in [3.05, 3.63) is 65.7 Å². The van der Waals surface area contributed by atoms with Gasteiger partial charge in [0.25, 0.3) is 5.91 Å². The number of hydroxylamine groups is 1. The van der Waals surface area contributed by atoms with Crippen LogP contribution in [0.2, 0.25) is 0 Å². The van der Waals surface area contributed by atoms with Gasteiger partial charge in [0.15, 0.2) is 5.78 Å². The minimum absolute atomic E-state index is 0.131. The molecule has 3 aliphatic heterocycles. The van der Waals surface area contributed by atoms with Crippen LogP contribution >= 0.6 is 0 Å². The summed E-state index contributed by atoms with van der Waals surface area (Å²) in [6.07, 6.45) is -1.04. The maximum absolute atomic E-state index is 13.6. The second kappa shape index (κ2) is 8.03. The van der Waals surface area contributed by atoms with Crippen molar-refractivity contribution in [1.29, 1.82) is 0 Å². The Kier molecular flexibility index (Phi) is 5.19. The highest BCUT2D eigenvalue weighted by Gasteiger charge is 2.63. The molecule has 4 atom stereocenters. The van der Waals surface area contributed by atoms with E-state index in [1.54, 1.807) is 6.07 Å². The van der Waals surface area contributed by atoms with Gasteiger partial charge in [0.05, 0.1) is 19.4 Å². The number of benzene rings is 2. The van der Waals surface area contributed by atoms with Gasteiger partial charge in [0, 0.05) is 18.4 Å². The molecule has 3 fully saturated rings. The number of amides is 2. The smallest absolute Gasteiger partial charge is 0.407 e. The molecule has 0 radical (unpaired) electrons. The highest BCUT2D eigenvalue weighted by Crippen LogP contribution is 2.52. The first kappa shape index (κ1) is 20.7. The van der Waals surface area contributed by atoms with Crippen molar-refractivity contribution < 1.29 is 28.7 Å². The second-order valence-corrected chi connectivity index (χ2v) is 8.43. The maximum Gasteiger partial charge on any atom is 0.407 e. The molecule has 2 aromatic rings. The predicted octanol–water partition coefficient (Wildman–Crippen LogP) is 2.51. The fraction of sp³-hybridized carbons (Fsp3) is 0.375. The molecule has 3 heterocycles. The molecule has 8 nitrogen and oxygen atoms in total. The van der Waals surface area contributed by atoms with Gasteiger partial charge >= 0.3 is 6.09 Å². The molecule has 166 valence electrons. The van der Waals surface area contributed by atoms with Crippen molar-refractivity contribution in [3.63, 3.8) is 0 Å². The van der Waals surface area contributed by atoms with E-state index in [1.165, 1.54) is 12.2 Å². The van der Waals surface area contributed by atoms with Crippen molar-refractivity contribution in [3.8, 4) is 0 Å². The zero-order valence-corrected chi connectivity index (χ0v) is 17.7. The highest BCUT2D eigenvalue weighted by atomic mass is 16.7. The van der Waals surface area contributed by atoms with Gasteiger partial charge in [0.1, 0.15) is 18.1 Å². The van der Waals surface area contributed by atoms with Gasteiger partial charge in [0.2, 0.25) is 0 Å². The number of para-hydroxylation sites is 1. The molecule has 6 rings (SSSR count). The zero-order chi connectivity index (χ0) is 22.3. The summed E-state index contributed by atoms with van der Waals surface area (Å²) in [7, 11) is 1.42. The Morgan fingerprint density at radius 1 is 1.16 bits per heavy atom. The lowest BCUT2D eigenvalue weighted by atomic mass is 9.72. The first-order valence-electron chi connectivity index (χ1n) is 10.6. The number of Topliss-reactive ketones (excluding diaryl/α,β-unsaturated/α-hetero) is 1. The standard InChI is InChI=1S/C24H24N2O6/c1-30-26-19-10-6-5-9-17(19)24(22(26)28)12-18(16-11-20(27)21(24)31-14-16)25-23(29)32-13-15-7-3-2-4-8-15/h2-10,16,18,21H,11-14H2,1H3,(H,25,29)/t16-,18+,21-,24+/m1/s1. The molecular weight excluding hydrogens is 412 g/mol. The molecule has 0 unspecified atom stereocenters. The van der Waals surface area contributed by atoms with Crippen molar-refractivity contribution in [2.75, 3.05) is 18.8 Å². The van der Waals surface area contributed by atoms with Gasteiger partial charge in [-0.15, -0.1) is 0 Å². The van der Waals surface area contributed by atoms with Crippen molar-refractivity contribution in [2.45, 2.75) is 37.0 Å². The van der Waals surface area contributed by atoms with E-state index in [2.05, 4.69) is 5.32 Å². The van der Waals surface area contributed by atoms with Gasteiger partial charge in [-0.25, -0.2) is 4.79 Å². The van der Waals surface area contributed by atoms with Crippen LogP contribution in [-0.2, 0) is 35.9 Å². The summed E-state index contributed by atoms with van der Waals surface area (Å²) in [5.74, 6) is -0.727. The summed E-state index contributed by atoms with van der Waals surface area (Å²) >= 11 is 0. The van der Waals surface area contributed by atoms with E-state index < -0.39 is 23.7 Å². The number of ketones is 1. The lowest BCUT2D eigenvalue weighted by Gasteiger charge is -2.34. The molecule has 0 aromatic heterocycles. The third-order valence-corrected chi connectivity index (χ3v) is 6.66. The van der Waals surface area contributed by atoms with Gasteiger partial charge in [-0.2, -0.15) is 5.06 Å². The minimum Gasteiger partial charge on any atom is -0.445 e. The summed E-state index contributed by atoms with van der Waals surface area (Å²) < 4.78 is 11.4. The number of hydrogen-bond donors (Lipinski definition) is 1. The average molecular weight is 436 g/mol. The summed E-state index contributed by atoms with van der Waals surface area (Å²) in [6, 6.07) is 16.2. The Labute approximate surface area is 185 Å². The number of rotatable bonds is 4. The van der Waals surface area contributed by atoms with Crippen LogP contribution in [0.15, 0.2) is 54.6 Å². The van der Waals surface area contributed by atoms with Crippen molar-refractivity contribution >= 4 is 23.5 Å². The molecule has 1 aliphatic carbocycles. The van der Waals surface area contributed by atoms with Crippen molar-refractivity contribution in [1.82, 2.24) is 5.32 Å². The fourth-order valence-corrected chi connectivity index (χ4v) is 5.18. The second-order valence-electron chi connectivity index (χ2n) is 8.43. The molecule has 1 N–H and O–H groups in total. The molecule has 2 saturated heterocycles. The molecule has 32 heavy (non-hydrogen) atoms. The number of ether oxygens (including phenoxy) is 2. The van der Waals surface area contributed by atoms with Crippen LogP contribution in [0.25, 0.3) is 0 Å². The summed E-state index contributed by atoms with van der Waals surface area (Å²) in [6.45, 7) is 0.413. The number of hydrogen-bond acceptors (Lipinski definition) is 6. The molecule has 2 bridgehead atoms. The monoisotopic (exact) mass is 436 g/mol. The number of nitrogens with zero attached hydrogens (tertiary/aromatic N) is 1. The van der Waals surface area contributed by atoms with E-state index in [-0.39, 0.29) is 43.7 Å². The molecule has 8 heteroatoms. The SMILES string of the molecule is CON1C(=O)[C@@]2(C[C@H](NC(=O)OCc3ccccc3)[C@H]3CO[C@@H]2C(=O)C3)c2ccccc21. The quantitative estimate of drug-likeness (QED) is 0.792. The number of alkyl carbamates (subject to hydrolysis) is 1. The number of carbonyl (C=O) groups excluding carboxylic acids is 3. The largest absolute Gasteiger partial charge is 0.445 e. The van der Waals surface area contributed by atoms with Crippen LogP contribution in [0, 0.1) is 5.92 Å². The number of carbonyl (C=O) groups is 3. The van der Waals surface area contributed by atoms with Crippen LogP contribution in [0.5, 0.6) is 0 Å². The topological polar surface area (TPSA) is 94.2 Å². The van der Waals surface area contributed by atoms with Crippen LogP contribution in [0.4, 0.5) is 10.5 Å². The summed E-state index contributed by atoms with van der Waals surface area (Å²) in [4.78, 5) is 44.7. The molecule has 4 aliphatic rings. The summed E-state index contributed by atoms with van der Waals surface area (Å²) in [5.41, 5.74) is 0.881. The summed E-state index contributed by atoms with van der Waals surface area (Å²) in [5, 5.41) is 4.13. The first-order chi connectivity index (χ1) is 15.5. The molecule has 2 aromatic carbocycles. The molecule has 2 amide bonds. The van der Waals surface area contributed by atoms with Gasteiger partial charge in [-0.05, 0) is 23.6 Å². The highest BCUT2D eigenvalue weighted by molar-refractivity contribution is 6.11. The number of fused-ring (bicyclic) bond motifs is 4. The number of nitrogens with one attached hydrogen (secondary N) is 1. The molecule has 1 spiro atoms. The Hall–Kier alpha value is -3.23. The Balaban J connectivity index is 1.44. The van der Waals surface area contributed by atoms with E-state index >= 15 is 0 Å². The normalized spacial score (nSPS) is 28.5.